The molecule has 1 aromatic heterocycles. The average molecular weight is 406 g/mol. The van der Waals surface area contributed by atoms with Crippen LogP contribution in [0.15, 0.2) is 41.6 Å². The highest BCUT2D eigenvalue weighted by molar-refractivity contribution is 7.92. The predicted molar refractivity (Wildman–Crippen MR) is 108 cm³/mol. The van der Waals surface area contributed by atoms with Gasteiger partial charge in [-0.15, -0.1) is 0 Å². The number of carbonyl (C=O) groups excluding carboxylic acids is 1. The lowest BCUT2D eigenvalue weighted by Gasteiger charge is -2.34. The number of aromatic nitrogens is 2. The summed E-state index contributed by atoms with van der Waals surface area (Å²) >= 11 is 0. The molecule has 1 fully saturated rings. The van der Waals surface area contributed by atoms with Crippen molar-refractivity contribution in [2.24, 2.45) is 0 Å². The fraction of sp³-hybridized carbons (Fsp3) is 0.474. The molecule has 2 aromatic rings. The highest BCUT2D eigenvalue weighted by Crippen LogP contribution is 2.26. The quantitative estimate of drug-likeness (QED) is 0.684. The molecule has 0 unspecified atom stereocenters. The van der Waals surface area contributed by atoms with Crippen LogP contribution in [0.5, 0.6) is 0 Å². The Bertz CT molecular complexity index is 871. The summed E-state index contributed by atoms with van der Waals surface area (Å²) < 4.78 is 25.8. The van der Waals surface area contributed by atoms with Gasteiger partial charge in [-0.05, 0) is 64.0 Å². The van der Waals surface area contributed by atoms with Crippen molar-refractivity contribution in [3.63, 3.8) is 0 Å². The second-order valence-electron chi connectivity index (χ2n) is 7.31. The van der Waals surface area contributed by atoms with Crippen molar-refractivity contribution in [3.8, 4) is 0 Å². The summed E-state index contributed by atoms with van der Waals surface area (Å²) in [4.78, 5) is 14.6. The van der Waals surface area contributed by atoms with E-state index in [0.717, 1.165) is 18.7 Å². The Kier molecular flexibility index (Phi) is 6.35. The topological polar surface area (TPSA) is 107 Å². The predicted octanol–water partition coefficient (Wildman–Crippen LogP) is 2.38. The van der Waals surface area contributed by atoms with E-state index in [0.29, 0.717) is 36.0 Å². The van der Waals surface area contributed by atoms with Gasteiger partial charge in [0.1, 0.15) is 0 Å². The van der Waals surface area contributed by atoms with Crippen LogP contribution in [0.25, 0.3) is 0 Å². The fourth-order valence-electron chi connectivity index (χ4n) is 3.35. The molecule has 152 valence electrons. The zero-order valence-corrected chi connectivity index (χ0v) is 17.0. The first-order chi connectivity index (χ1) is 13.4. The Morgan fingerprint density at radius 2 is 1.93 bits per heavy atom. The molecule has 8 nitrogen and oxygen atoms in total. The molecule has 0 aliphatic carbocycles. The summed E-state index contributed by atoms with van der Waals surface area (Å²) in [6.45, 7) is 6.22. The third kappa shape index (κ3) is 4.90. The molecule has 1 aliphatic heterocycles. The van der Waals surface area contributed by atoms with Gasteiger partial charge >= 0.3 is 6.03 Å². The molecule has 0 saturated carbocycles. The minimum absolute atomic E-state index is 0.305. The second-order valence-corrected chi connectivity index (χ2v) is 9.54. The maximum absolute atomic E-state index is 12.9. The van der Waals surface area contributed by atoms with Crippen LogP contribution in [0.4, 0.5) is 10.5 Å². The van der Waals surface area contributed by atoms with Crippen molar-refractivity contribution in [3.05, 3.63) is 42.2 Å². The van der Waals surface area contributed by atoms with Gasteiger partial charge in [0.2, 0.25) is 0 Å². The number of amides is 2. The van der Waals surface area contributed by atoms with Crippen molar-refractivity contribution in [2.45, 2.75) is 49.4 Å². The van der Waals surface area contributed by atoms with Crippen molar-refractivity contribution in [1.29, 1.82) is 0 Å². The van der Waals surface area contributed by atoms with Crippen LogP contribution in [-0.4, -0.2) is 53.9 Å². The largest absolute Gasteiger partial charge is 0.334 e. The van der Waals surface area contributed by atoms with E-state index in [1.165, 1.54) is 0 Å². The number of likely N-dealkylation sites (tertiary alicyclic amines) is 1. The number of H-pyrrole nitrogens is 1. The van der Waals surface area contributed by atoms with Gasteiger partial charge in [0.05, 0.1) is 16.3 Å². The van der Waals surface area contributed by atoms with E-state index in [4.69, 9.17) is 0 Å². The molecule has 1 aromatic carbocycles. The van der Waals surface area contributed by atoms with E-state index in [2.05, 4.69) is 39.6 Å². The highest BCUT2D eigenvalue weighted by Gasteiger charge is 2.31. The molecular weight excluding hydrogens is 378 g/mol. The summed E-state index contributed by atoms with van der Waals surface area (Å²) in [6.07, 6.45) is 4.63. The van der Waals surface area contributed by atoms with Crippen molar-refractivity contribution < 1.29 is 13.2 Å². The lowest BCUT2D eigenvalue weighted by atomic mass is 10.1. The SMILES string of the molecule is CC(C)N1CCC(S(=O)(=O)c2ccc(NC(=O)NCc3cn[nH]c3)cc2)CC1. The third-order valence-electron chi connectivity index (χ3n) is 5.09. The van der Waals surface area contributed by atoms with Crippen LogP contribution in [0, 0.1) is 0 Å². The normalized spacial score (nSPS) is 16.2. The third-order valence-corrected chi connectivity index (χ3v) is 7.37. The summed E-state index contributed by atoms with van der Waals surface area (Å²) in [5.74, 6) is 0. The molecule has 0 radical (unpaired) electrons. The van der Waals surface area contributed by atoms with Gasteiger partial charge in [0.25, 0.3) is 0 Å². The Hall–Kier alpha value is -2.39. The molecule has 9 heteroatoms. The Morgan fingerprint density at radius 3 is 2.50 bits per heavy atom. The molecule has 2 amide bonds. The summed E-state index contributed by atoms with van der Waals surface area (Å²) in [5, 5.41) is 11.6. The van der Waals surface area contributed by atoms with Crippen molar-refractivity contribution >= 4 is 21.6 Å². The number of aromatic amines is 1. The number of rotatable bonds is 6. The molecule has 0 bridgehead atoms. The molecule has 28 heavy (non-hydrogen) atoms. The smallest absolute Gasteiger partial charge is 0.319 e. The Morgan fingerprint density at radius 1 is 1.25 bits per heavy atom. The number of carbonyl (C=O) groups is 1. The maximum atomic E-state index is 12.9. The standard InChI is InChI=1S/C19H27N5O3S/c1-14(2)24-9-7-18(8-10-24)28(26,27)17-5-3-16(4-6-17)23-19(25)20-11-15-12-21-22-13-15/h3-6,12-14,18H,7-11H2,1-2H3,(H,21,22)(H2,20,23,25). The Labute approximate surface area is 165 Å². The van der Waals surface area contributed by atoms with Crippen molar-refractivity contribution in [2.75, 3.05) is 18.4 Å². The molecule has 0 atom stereocenters. The number of urea groups is 1. The Balaban J connectivity index is 1.56. The molecule has 2 heterocycles. The van der Waals surface area contributed by atoms with Gasteiger partial charge in [0.15, 0.2) is 9.84 Å². The van der Waals surface area contributed by atoms with Gasteiger partial charge in [-0.1, -0.05) is 0 Å². The van der Waals surface area contributed by atoms with Gasteiger partial charge in [-0.2, -0.15) is 5.10 Å². The minimum atomic E-state index is -3.36. The first-order valence-corrected chi connectivity index (χ1v) is 11.0. The molecule has 1 aliphatic rings. The van der Waals surface area contributed by atoms with Crippen LogP contribution in [0.2, 0.25) is 0 Å². The molecule has 1 saturated heterocycles. The zero-order chi connectivity index (χ0) is 20.1. The van der Waals surface area contributed by atoms with Crippen LogP contribution in [0.1, 0.15) is 32.3 Å². The summed E-state index contributed by atoms with van der Waals surface area (Å²) in [6, 6.07) is 6.44. The van der Waals surface area contributed by atoms with Crippen LogP contribution in [-0.2, 0) is 16.4 Å². The first kappa shape index (κ1) is 20.3. The van der Waals surface area contributed by atoms with E-state index in [9.17, 15) is 13.2 Å². The average Bonchev–Trinajstić information content (AvgIpc) is 3.20. The number of hydrogen-bond acceptors (Lipinski definition) is 5. The second kappa shape index (κ2) is 8.74. The molecule has 0 spiro atoms. The number of sulfone groups is 1. The van der Waals surface area contributed by atoms with Gasteiger partial charge in [0, 0.05) is 30.0 Å². The number of nitrogens with zero attached hydrogens (tertiary/aromatic N) is 2. The summed E-state index contributed by atoms with van der Waals surface area (Å²) in [5.41, 5.74) is 1.40. The van der Waals surface area contributed by atoms with Crippen LogP contribution < -0.4 is 10.6 Å². The van der Waals surface area contributed by atoms with E-state index < -0.39 is 9.84 Å². The van der Waals surface area contributed by atoms with Gasteiger partial charge in [-0.3, -0.25) is 5.10 Å². The summed E-state index contributed by atoms with van der Waals surface area (Å²) in [7, 11) is -3.36. The van der Waals surface area contributed by atoms with E-state index in [-0.39, 0.29) is 11.3 Å². The van der Waals surface area contributed by atoms with Crippen LogP contribution >= 0.6 is 0 Å². The van der Waals surface area contributed by atoms with Crippen LogP contribution in [0.3, 0.4) is 0 Å². The monoisotopic (exact) mass is 405 g/mol. The van der Waals surface area contributed by atoms with E-state index in [1.807, 2.05) is 0 Å². The van der Waals surface area contributed by atoms with Crippen molar-refractivity contribution in [1.82, 2.24) is 20.4 Å². The zero-order valence-electron chi connectivity index (χ0n) is 16.2. The highest BCUT2D eigenvalue weighted by atomic mass is 32.2. The minimum Gasteiger partial charge on any atom is -0.334 e. The van der Waals surface area contributed by atoms with Gasteiger partial charge in [-0.25, -0.2) is 13.2 Å². The molecule has 3 rings (SSSR count). The first-order valence-electron chi connectivity index (χ1n) is 9.47. The van der Waals surface area contributed by atoms with E-state index >= 15 is 0 Å². The molecule has 3 N–H and O–H groups in total. The van der Waals surface area contributed by atoms with Gasteiger partial charge < -0.3 is 15.5 Å². The maximum Gasteiger partial charge on any atom is 0.319 e. The lowest BCUT2D eigenvalue weighted by molar-refractivity contribution is 0.186. The molecular formula is C19H27N5O3S. The number of piperidine rings is 1. The number of hydrogen-bond donors (Lipinski definition) is 3. The number of benzene rings is 1. The lowest BCUT2D eigenvalue weighted by Crippen LogP contribution is -2.42. The van der Waals surface area contributed by atoms with E-state index in [1.54, 1.807) is 36.7 Å². The fourth-order valence-corrected chi connectivity index (χ4v) is 5.09. The number of nitrogens with one attached hydrogen (secondary N) is 3. The number of anilines is 1.